The second-order valence-corrected chi connectivity index (χ2v) is 4.11. The van der Waals surface area contributed by atoms with Gasteiger partial charge in [-0.05, 0) is 18.2 Å². The average molecular weight is 255 g/mol. The van der Waals surface area contributed by atoms with E-state index in [0.29, 0.717) is 21.3 Å². The fourth-order valence-corrected chi connectivity index (χ4v) is 1.95. The summed E-state index contributed by atoms with van der Waals surface area (Å²) in [6, 6.07) is 6.58. The first-order valence-electron chi connectivity index (χ1n) is 4.58. The number of carbonyl (C=O) groups excluding carboxylic acids is 1. The molecule has 0 fully saturated rings. The number of rotatable bonds is 2. The molecule has 2 rings (SSSR count). The number of hydrogen-bond donors (Lipinski definition) is 0. The molecule has 0 N–H and O–H groups in total. The van der Waals surface area contributed by atoms with Crippen LogP contribution in [0.4, 0.5) is 0 Å². The summed E-state index contributed by atoms with van der Waals surface area (Å²) in [4.78, 5) is 12.1. The van der Waals surface area contributed by atoms with Crippen molar-refractivity contribution in [2.24, 2.45) is 7.05 Å². The molecule has 0 radical (unpaired) electrons. The molecule has 1 aromatic carbocycles. The molecule has 16 heavy (non-hydrogen) atoms. The van der Waals surface area contributed by atoms with Crippen molar-refractivity contribution in [3.63, 3.8) is 0 Å². The number of aryl methyl sites for hydroxylation is 1. The molecule has 0 atom stereocenters. The van der Waals surface area contributed by atoms with Crippen LogP contribution >= 0.6 is 23.2 Å². The molecule has 2 aromatic rings. The first-order valence-corrected chi connectivity index (χ1v) is 5.33. The zero-order valence-electron chi connectivity index (χ0n) is 8.45. The third-order valence-corrected chi connectivity index (χ3v) is 2.77. The quantitative estimate of drug-likeness (QED) is 0.773. The van der Waals surface area contributed by atoms with E-state index in [2.05, 4.69) is 5.10 Å². The minimum atomic E-state index is -0.267. The molecule has 1 heterocycles. The summed E-state index contributed by atoms with van der Waals surface area (Å²) in [6.07, 6.45) is 1.69. The van der Waals surface area contributed by atoms with E-state index < -0.39 is 0 Å². The van der Waals surface area contributed by atoms with Crippen molar-refractivity contribution in [2.45, 2.75) is 0 Å². The summed E-state index contributed by atoms with van der Waals surface area (Å²) in [5.74, 6) is -0.267. The summed E-state index contributed by atoms with van der Waals surface area (Å²) < 4.78 is 1.55. The Hall–Kier alpha value is -1.32. The first kappa shape index (κ1) is 11.2. The number of nitrogens with zero attached hydrogens (tertiary/aromatic N) is 2. The zero-order chi connectivity index (χ0) is 11.7. The number of ketones is 1. The van der Waals surface area contributed by atoms with E-state index in [9.17, 15) is 4.79 Å². The van der Waals surface area contributed by atoms with E-state index in [1.807, 2.05) is 0 Å². The molecule has 0 unspecified atom stereocenters. The Balaban J connectivity index is 2.49. The third-order valence-electron chi connectivity index (χ3n) is 2.14. The van der Waals surface area contributed by atoms with E-state index in [4.69, 9.17) is 23.2 Å². The van der Waals surface area contributed by atoms with E-state index in [1.54, 1.807) is 42.2 Å². The molecule has 0 bridgehead atoms. The molecule has 0 aliphatic rings. The van der Waals surface area contributed by atoms with E-state index in [-0.39, 0.29) is 5.78 Å². The number of hydrogen-bond acceptors (Lipinski definition) is 2. The number of halogens is 2. The van der Waals surface area contributed by atoms with E-state index in [1.165, 1.54) is 0 Å². The summed E-state index contributed by atoms with van der Waals surface area (Å²) in [5.41, 5.74) is 0.627. The smallest absolute Gasteiger partial charge is 0.216 e. The van der Waals surface area contributed by atoms with Crippen LogP contribution in [-0.2, 0) is 7.05 Å². The van der Waals surface area contributed by atoms with Crippen LogP contribution in [-0.4, -0.2) is 15.6 Å². The highest BCUT2D eigenvalue weighted by atomic mass is 35.5. The Kier molecular flexibility index (Phi) is 2.99. The van der Waals surface area contributed by atoms with Crippen molar-refractivity contribution in [3.8, 4) is 0 Å². The van der Waals surface area contributed by atoms with Gasteiger partial charge < -0.3 is 0 Å². The lowest BCUT2D eigenvalue weighted by molar-refractivity contribution is 0.103. The lowest BCUT2D eigenvalue weighted by Crippen LogP contribution is -2.05. The molecule has 0 saturated heterocycles. The fourth-order valence-electron chi connectivity index (χ4n) is 1.38. The summed E-state index contributed by atoms with van der Waals surface area (Å²) in [6.45, 7) is 0. The van der Waals surface area contributed by atoms with Crippen molar-refractivity contribution in [1.82, 2.24) is 9.78 Å². The lowest BCUT2D eigenvalue weighted by atomic mass is 10.1. The van der Waals surface area contributed by atoms with Crippen LogP contribution in [0.3, 0.4) is 0 Å². The van der Waals surface area contributed by atoms with Gasteiger partial charge in [-0.1, -0.05) is 29.3 Å². The molecule has 3 nitrogen and oxygen atoms in total. The standard InChI is InChI=1S/C11H8Cl2N2O/c1-15-6-5-9(14-15)11(16)10-7(12)3-2-4-8(10)13/h2-6H,1H3. The van der Waals surface area contributed by atoms with Crippen molar-refractivity contribution in [1.29, 1.82) is 0 Å². The number of aromatic nitrogens is 2. The molecule has 5 heteroatoms. The lowest BCUT2D eigenvalue weighted by Gasteiger charge is -2.03. The zero-order valence-corrected chi connectivity index (χ0v) is 9.96. The van der Waals surface area contributed by atoms with Crippen molar-refractivity contribution in [2.75, 3.05) is 0 Å². The van der Waals surface area contributed by atoms with Gasteiger partial charge in [-0.3, -0.25) is 9.48 Å². The maximum atomic E-state index is 12.1. The second-order valence-electron chi connectivity index (χ2n) is 3.30. The second kappa shape index (κ2) is 4.28. The van der Waals surface area contributed by atoms with Crippen LogP contribution in [0.15, 0.2) is 30.5 Å². The Labute approximate surface area is 103 Å². The number of benzene rings is 1. The van der Waals surface area contributed by atoms with Crippen LogP contribution in [0.1, 0.15) is 16.1 Å². The summed E-state index contributed by atoms with van der Waals surface area (Å²) >= 11 is 11.9. The molecule has 0 spiro atoms. The largest absolute Gasteiger partial charge is 0.287 e. The van der Waals surface area contributed by atoms with Gasteiger partial charge in [-0.15, -0.1) is 0 Å². The molecule has 82 valence electrons. The highest BCUT2D eigenvalue weighted by molar-refractivity contribution is 6.40. The molecule has 0 aliphatic heterocycles. The van der Waals surface area contributed by atoms with E-state index in [0.717, 1.165) is 0 Å². The predicted molar refractivity (Wildman–Crippen MR) is 63.1 cm³/mol. The van der Waals surface area contributed by atoms with Crippen LogP contribution in [0.25, 0.3) is 0 Å². The van der Waals surface area contributed by atoms with Gasteiger partial charge in [0.25, 0.3) is 0 Å². The SMILES string of the molecule is Cn1ccc(C(=O)c2c(Cl)cccc2Cl)n1. The Morgan fingerprint density at radius 1 is 1.25 bits per heavy atom. The maximum Gasteiger partial charge on any atom is 0.216 e. The van der Waals surface area contributed by atoms with Gasteiger partial charge in [0.1, 0.15) is 5.69 Å². The third kappa shape index (κ3) is 1.96. The van der Waals surface area contributed by atoms with Gasteiger partial charge in [0.05, 0.1) is 15.6 Å². The minimum Gasteiger partial charge on any atom is -0.287 e. The Morgan fingerprint density at radius 3 is 2.38 bits per heavy atom. The predicted octanol–water partition coefficient (Wildman–Crippen LogP) is 2.96. The average Bonchev–Trinajstić information content (AvgIpc) is 2.64. The van der Waals surface area contributed by atoms with Crippen molar-refractivity contribution < 1.29 is 4.79 Å². The first-order chi connectivity index (χ1) is 7.59. The molecule has 0 saturated carbocycles. The van der Waals surface area contributed by atoms with Gasteiger partial charge in [0.2, 0.25) is 5.78 Å². The highest BCUT2D eigenvalue weighted by Crippen LogP contribution is 2.26. The topological polar surface area (TPSA) is 34.9 Å². The maximum absolute atomic E-state index is 12.1. The van der Waals surface area contributed by atoms with Gasteiger partial charge in [-0.2, -0.15) is 5.10 Å². The van der Waals surface area contributed by atoms with Crippen molar-refractivity contribution >= 4 is 29.0 Å². The fraction of sp³-hybridized carbons (Fsp3) is 0.0909. The van der Waals surface area contributed by atoms with Crippen LogP contribution < -0.4 is 0 Å². The Morgan fingerprint density at radius 2 is 1.88 bits per heavy atom. The molecular formula is C11H8Cl2N2O. The summed E-state index contributed by atoms with van der Waals surface area (Å²) in [7, 11) is 1.74. The van der Waals surface area contributed by atoms with Gasteiger partial charge in [0, 0.05) is 13.2 Å². The number of carbonyl (C=O) groups is 1. The normalized spacial score (nSPS) is 10.4. The van der Waals surface area contributed by atoms with Crippen molar-refractivity contribution in [3.05, 3.63) is 51.8 Å². The highest BCUT2D eigenvalue weighted by Gasteiger charge is 2.18. The Bertz CT molecular complexity index is 528. The van der Waals surface area contributed by atoms with Gasteiger partial charge in [0.15, 0.2) is 0 Å². The van der Waals surface area contributed by atoms with Crippen LogP contribution in [0, 0.1) is 0 Å². The van der Waals surface area contributed by atoms with Gasteiger partial charge >= 0.3 is 0 Å². The van der Waals surface area contributed by atoms with Crippen LogP contribution in [0.2, 0.25) is 10.0 Å². The molecule has 0 amide bonds. The molecular weight excluding hydrogens is 247 g/mol. The summed E-state index contributed by atoms with van der Waals surface area (Å²) in [5, 5.41) is 4.69. The minimum absolute atomic E-state index is 0.267. The van der Waals surface area contributed by atoms with E-state index >= 15 is 0 Å². The molecule has 0 aliphatic carbocycles. The van der Waals surface area contributed by atoms with Gasteiger partial charge in [-0.25, -0.2) is 0 Å². The van der Waals surface area contributed by atoms with Crippen LogP contribution in [0.5, 0.6) is 0 Å². The molecule has 1 aromatic heterocycles. The monoisotopic (exact) mass is 254 g/mol.